The number of aromatic nitrogens is 3. The Labute approximate surface area is 191 Å². The number of fused-ring (bicyclic) bond motifs is 1. The SMILES string of the molecule is O=C(Nc1ccncc1)c1ccccc1N1CCN(C(=O)Cc2cn3ccccc3n2)CC1. The molecule has 1 aliphatic heterocycles. The molecule has 0 radical (unpaired) electrons. The van der Waals surface area contributed by atoms with Crippen molar-refractivity contribution in [2.75, 3.05) is 36.4 Å². The molecule has 1 N–H and O–H groups in total. The van der Waals surface area contributed by atoms with Crippen LogP contribution in [0, 0.1) is 0 Å². The van der Waals surface area contributed by atoms with Crippen LogP contribution in [0.4, 0.5) is 11.4 Å². The fraction of sp³-hybridized carbons (Fsp3) is 0.200. The zero-order valence-corrected chi connectivity index (χ0v) is 18.1. The molecular formula is C25H24N6O2. The molecule has 0 atom stereocenters. The third-order valence-corrected chi connectivity index (χ3v) is 5.81. The molecule has 0 saturated carbocycles. The minimum Gasteiger partial charge on any atom is -0.367 e. The molecule has 8 heteroatoms. The van der Waals surface area contributed by atoms with E-state index in [2.05, 4.69) is 20.2 Å². The summed E-state index contributed by atoms with van der Waals surface area (Å²) in [5.74, 6) is -0.0936. The molecule has 2 amide bonds. The van der Waals surface area contributed by atoms with E-state index in [0.29, 0.717) is 37.4 Å². The molecule has 0 unspecified atom stereocenters. The highest BCUT2D eigenvalue weighted by atomic mass is 16.2. The second-order valence-corrected chi connectivity index (χ2v) is 7.95. The van der Waals surface area contributed by atoms with E-state index in [1.54, 1.807) is 24.5 Å². The van der Waals surface area contributed by atoms with Gasteiger partial charge in [-0.25, -0.2) is 4.98 Å². The van der Waals surface area contributed by atoms with Crippen LogP contribution in [-0.4, -0.2) is 57.3 Å². The third kappa shape index (κ3) is 4.55. The maximum atomic E-state index is 12.9. The zero-order chi connectivity index (χ0) is 22.6. The quantitative estimate of drug-likeness (QED) is 0.516. The molecule has 4 aromatic rings. The number of carbonyl (C=O) groups excluding carboxylic acids is 2. The fourth-order valence-electron chi connectivity index (χ4n) is 4.11. The second kappa shape index (κ2) is 9.12. The number of amides is 2. The summed E-state index contributed by atoms with van der Waals surface area (Å²) in [5, 5.41) is 2.92. The molecule has 0 spiro atoms. The lowest BCUT2D eigenvalue weighted by atomic mass is 10.1. The largest absolute Gasteiger partial charge is 0.367 e. The number of carbonyl (C=O) groups is 2. The summed E-state index contributed by atoms with van der Waals surface area (Å²) >= 11 is 0. The van der Waals surface area contributed by atoms with E-state index in [4.69, 9.17) is 0 Å². The van der Waals surface area contributed by atoms with Gasteiger partial charge in [-0.05, 0) is 36.4 Å². The molecule has 5 rings (SSSR count). The van der Waals surface area contributed by atoms with E-state index >= 15 is 0 Å². The molecule has 3 aromatic heterocycles. The van der Waals surface area contributed by atoms with Crippen LogP contribution in [0.25, 0.3) is 5.65 Å². The number of para-hydroxylation sites is 1. The molecule has 166 valence electrons. The van der Waals surface area contributed by atoms with Gasteiger partial charge in [-0.3, -0.25) is 14.6 Å². The summed E-state index contributed by atoms with van der Waals surface area (Å²) in [6, 6.07) is 16.9. The Hall–Kier alpha value is -4.20. The van der Waals surface area contributed by atoms with Crippen molar-refractivity contribution >= 4 is 28.8 Å². The van der Waals surface area contributed by atoms with Gasteiger partial charge in [0.2, 0.25) is 5.91 Å². The van der Waals surface area contributed by atoms with Gasteiger partial charge in [-0.1, -0.05) is 18.2 Å². The van der Waals surface area contributed by atoms with Crippen molar-refractivity contribution in [1.29, 1.82) is 0 Å². The Morgan fingerprint density at radius 3 is 2.45 bits per heavy atom. The summed E-state index contributed by atoms with van der Waals surface area (Å²) in [5.41, 5.74) is 3.79. The van der Waals surface area contributed by atoms with Gasteiger partial charge < -0.3 is 19.5 Å². The van der Waals surface area contributed by atoms with Gasteiger partial charge in [0.15, 0.2) is 0 Å². The van der Waals surface area contributed by atoms with E-state index in [9.17, 15) is 9.59 Å². The summed E-state index contributed by atoms with van der Waals surface area (Å²) in [6.45, 7) is 2.53. The van der Waals surface area contributed by atoms with Crippen molar-refractivity contribution in [3.05, 3.63) is 90.6 Å². The number of benzene rings is 1. The first kappa shape index (κ1) is 20.7. The van der Waals surface area contributed by atoms with Crippen molar-refractivity contribution < 1.29 is 9.59 Å². The van der Waals surface area contributed by atoms with Crippen molar-refractivity contribution in [3.8, 4) is 0 Å². The van der Waals surface area contributed by atoms with Gasteiger partial charge in [0.25, 0.3) is 5.91 Å². The topological polar surface area (TPSA) is 82.8 Å². The molecule has 0 aliphatic carbocycles. The molecule has 1 aliphatic rings. The maximum absolute atomic E-state index is 12.9. The van der Waals surface area contributed by atoms with Gasteiger partial charge >= 0.3 is 0 Å². The van der Waals surface area contributed by atoms with Crippen molar-refractivity contribution in [1.82, 2.24) is 19.3 Å². The molecule has 33 heavy (non-hydrogen) atoms. The second-order valence-electron chi connectivity index (χ2n) is 7.95. The van der Waals surface area contributed by atoms with Gasteiger partial charge in [-0.2, -0.15) is 0 Å². The Morgan fingerprint density at radius 1 is 0.909 bits per heavy atom. The van der Waals surface area contributed by atoms with Crippen LogP contribution in [0.2, 0.25) is 0 Å². The molecule has 1 saturated heterocycles. The number of piperazine rings is 1. The number of pyridine rings is 2. The Kier molecular flexibility index (Phi) is 5.72. The van der Waals surface area contributed by atoms with Crippen LogP contribution in [0.3, 0.4) is 0 Å². The van der Waals surface area contributed by atoms with Gasteiger partial charge in [0.1, 0.15) is 5.65 Å². The lowest BCUT2D eigenvalue weighted by molar-refractivity contribution is -0.130. The lowest BCUT2D eigenvalue weighted by Gasteiger charge is -2.36. The highest BCUT2D eigenvalue weighted by Crippen LogP contribution is 2.23. The van der Waals surface area contributed by atoms with Gasteiger partial charge in [0.05, 0.1) is 17.7 Å². The van der Waals surface area contributed by atoms with Crippen LogP contribution in [0.5, 0.6) is 0 Å². The number of rotatable bonds is 5. The van der Waals surface area contributed by atoms with E-state index in [-0.39, 0.29) is 18.2 Å². The minimum absolute atomic E-state index is 0.0711. The molecule has 8 nitrogen and oxygen atoms in total. The average molecular weight is 441 g/mol. The smallest absolute Gasteiger partial charge is 0.257 e. The molecule has 0 bridgehead atoms. The first-order chi connectivity index (χ1) is 16.2. The van der Waals surface area contributed by atoms with E-state index in [1.807, 2.05) is 64.2 Å². The van der Waals surface area contributed by atoms with E-state index in [1.165, 1.54) is 0 Å². The van der Waals surface area contributed by atoms with Crippen molar-refractivity contribution in [2.24, 2.45) is 0 Å². The maximum Gasteiger partial charge on any atom is 0.257 e. The number of hydrogen-bond acceptors (Lipinski definition) is 5. The number of nitrogens with one attached hydrogen (secondary N) is 1. The molecule has 1 aromatic carbocycles. The van der Waals surface area contributed by atoms with E-state index in [0.717, 1.165) is 17.0 Å². The Morgan fingerprint density at radius 2 is 1.67 bits per heavy atom. The number of anilines is 2. The standard InChI is InChI=1S/C25H24N6O2/c32-24(17-20-18-31-12-4-3-7-23(31)27-20)30-15-13-29(14-16-30)22-6-2-1-5-21(22)25(33)28-19-8-10-26-11-9-19/h1-12,18H,13-17H2,(H,26,28,33). The highest BCUT2D eigenvalue weighted by Gasteiger charge is 2.24. The van der Waals surface area contributed by atoms with Crippen molar-refractivity contribution in [2.45, 2.75) is 6.42 Å². The van der Waals surface area contributed by atoms with Crippen LogP contribution < -0.4 is 10.2 Å². The first-order valence-corrected chi connectivity index (χ1v) is 10.9. The average Bonchev–Trinajstić information content (AvgIpc) is 3.27. The zero-order valence-electron chi connectivity index (χ0n) is 18.1. The first-order valence-electron chi connectivity index (χ1n) is 10.9. The lowest BCUT2D eigenvalue weighted by Crippen LogP contribution is -2.49. The summed E-state index contributed by atoms with van der Waals surface area (Å²) in [4.78, 5) is 38.3. The predicted molar refractivity (Wildman–Crippen MR) is 126 cm³/mol. The van der Waals surface area contributed by atoms with Gasteiger partial charge in [0, 0.05) is 62.3 Å². The minimum atomic E-state index is -0.165. The number of nitrogens with zero attached hydrogens (tertiary/aromatic N) is 5. The summed E-state index contributed by atoms with van der Waals surface area (Å²) < 4.78 is 1.93. The monoisotopic (exact) mass is 440 g/mol. The number of imidazole rings is 1. The van der Waals surface area contributed by atoms with Crippen LogP contribution >= 0.6 is 0 Å². The summed E-state index contributed by atoms with van der Waals surface area (Å²) in [7, 11) is 0. The normalized spacial score (nSPS) is 13.8. The highest BCUT2D eigenvalue weighted by molar-refractivity contribution is 6.08. The number of hydrogen-bond donors (Lipinski definition) is 1. The summed E-state index contributed by atoms with van der Waals surface area (Å²) in [6.07, 6.45) is 7.40. The van der Waals surface area contributed by atoms with Crippen molar-refractivity contribution in [3.63, 3.8) is 0 Å². The predicted octanol–water partition coefficient (Wildman–Crippen LogP) is 2.87. The molecule has 1 fully saturated rings. The van der Waals surface area contributed by atoms with Gasteiger partial charge in [-0.15, -0.1) is 0 Å². The van der Waals surface area contributed by atoms with Crippen LogP contribution in [0.1, 0.15) is 16.1 Å². The fourth-order valence-corrected chi connectivity index (χ4v) is 4.11. The Balaban J connectivity index is 1.23. The Bertz CT molecular complexity index is 1250. The molecule has 4 heterocycles. The van der Waals surface area contributed by atoms with Crippen LogP contribution in [0.15, 0.2) is 79.4 Å². The van der Waals surface area contributed by atoms with Crippen LogP contribution in [-0.2, 0) is 11.2 Å². The third-order valence-electron chi connectivity index (χ3n) is 5.81. The molecular weight excluding hydrogens is 416 g/mol. The van der Waals surface area contributed by atoms with E-state index < -0.39 is 0 Å².